The van der Waals surface area contributed by atoms with E-state index >= 15 is 0 Å². The number of fused-ring (bicyclic) bond motifs is 3. The number of benzene rings is 3. The summed E-state index contributed by atoms with van der Waals surface area (Å²) in [6.07, 6.45) is 2.18. The average molecular weight is 642 g/mol. The summed E-state index contributed by atoms with van der Waals surface area (Å²) in [4.78, 5) is 62.3. The van der Waals surface area contributed by atoms with E-state index in [9.17, 15) is 24.0 Å². The number of esters is 3. The van der Waals surface area contributed by atoms with Crippen LogP contribution >= 0.6 is 0 Å². The van der Waals surface area contributed by atoms with E-state index < -0.39 is 42.1 Å². The Labute approximate surface area is 274 Å². The van der Waals surface area contributed by atoms with Crippen molar-refractivity contribution in [1.82, 2.24) is 5.32 Å². The number of hydrogen-bond acceptors (Lipinski definition) is 9. The first-order valence-corrected chi connectivity index (χ1v) is 15.4. The number of amides is 1. The fraction of sp³-hybridized carbons (Fsp3) is 0.324. The lowest BCUT2D eigenvalue weighted by Crippen LogP contribution is -2.46. The van der Waals surface area contributed by atoms with Crippen LogP contribution in [0.3, 0.4) is 0 Å². The van der Waals surface area contributed by atoms with Crippen LogP contribution in [0.5, 0.6) is 0 Å². The van der Waals surface area contributed by atoms with Crippen molar-refractivity contribution >= 4 is 29.8 Å². The quantitative estimate of drug-likeness (QED) is 0.0984. The van der Waals surface area contributed by atoms with Crippen LogP contribution in [0.4, 0.5) is 4.79 Å². The van der Waals surface area contributed by atoms with Gasteiger partial charge in [-0.3, -0.25) is 14.4 Å². The predicted molar refractivity (Wildman–Crippen MR) is 174 cm³/mol. The third-order valence-electron chi connectivity index (χ3n) is 7.18. The van der Waals surface area contributed by atoms with Crippen LogP contribution in [0, 0.1) is 0 Å². The molecular weight excluding hydrogens is 602 g/mol. The van der Waals surface area contributed by atoms with E-state index in [0.717, 1.165) is 22.3 Å². The lowest BCUT2D eigenvalue weighted by molar-refractivity contribution is -0.160. The standard InChI is InChI=1S/C37H39NO9/c1-37(2,3)47-35(42)31(38-36(43)46-23-30-28-18-11-9-16-26(28)27-17-10-12-19-29(27)30)22-34(41)44-21-13-5-8-20-33(40)45-24-32(39)25-14-6-4-7-15-25/h4-7,9-19,30-31H,8,20-24H2,1-3H3,(H,38,43)/b13-5+/t31-/m0/s1. The molecule has 0 aromatic heterocycles. The van der Waals surface area contributed by atoms with Gasteiger partial charge in [-0.1, -0.05) is 91.0 Å². The average Bonchev–Trinajstić information content (AvgIpc) is 3.37. The number of ketones is 1. The Morgan fingerprint density at radius 2 is 1.38 bits per heavy atom. The van der Waals surface area contributed by atoms with Gasteiger partial charge in [-0.25, -0.2) is 9.59 Å². The van der Waals surface area contributed by atoms with Crippen molar-refractivity contribution in [3.05, 3.63) is 108 Å². The minimum absolute atomic E-state index is 0.0347. The largest absolute Gasteiger partial charge is 0.461 e. The summed E-state index contributed by atoms with van der Waals surface area (Å²) in [6.45, 7) is 4.60. The molecule has 0 spiro atoms. The Kier molecular flexibility index (Phi) is 12.0. The lowest BCUT2D eigenvalue weighted by atomic mass is 9.98. The molecule has 1 amide bonds. The van der Waals surface area contributed by atoms with Gasteiger partial charge in [0, 0.05) is 17.9 Å². The summed E-state index contributed by atoms with van der Waals surface area (Å²) in [5.41, 5.74) is 3.84. The fourth-order valence-corrected chi connectivity index (χ4v) is 5.03. The van der Waals surface area contributed by atoms with Gasteiger partial charge in [0.25, 0.3) is 0 Å². The molecule has 0 heterocycles. The van der Waals surface area contributed by atoms with Gasteiger partial charge < -0.3 is 24.3 Å². The molecule has 0 saturated carbocycles. The van der Waals surface area contributed by atoms with Crippen molar-refractivity contribution in [2.24, 2.45) is 0 Å². The van der Waals surface area contributed by atoms with Crippen LogP contribution < -0.4 is 5.32 Å². The Morgan fingerprint density at radius 3 is 2.02 bits per heavy atom. The number of carbonyl (C=O) groups is 5. The molecule has 246 valence electrons. The molecule has 0 fully saturated rings. The zero-order valence-corrected chi connectivity index (χ0v) is 26.7. The molecule has 1 aliphatic rings. The highest BCUT2D eigenvalue weighted by atomic mass is 16.6. The van der Waals surface area contributed by atoms with E-state index in [4.69, 9.17) is 18.9 Å². The summed E-state index contributed by atoms with van der Waals surface area (Å²) in [6, 6.07) is 23.0. The third-order valence-corrected chi connectivity index (χ3v) is 7.18. The van der Waals surface area contributed by atoms with Crippen molar-refractivity contribution in [3.63, 3.8) is 0 Å². The molecule has 1 aliphatic carbocycles. The molecule has 3 aromatic carbocycles. The summed E-state index contributed by atoms with van der Waals surface area (Å²) in [7, 11) is 0. The van der Waals surface area contributed by atoms with Crippen molar-refractivity contribution in [2.75, 3.05) is 19.8 Å². The van der Waals surface area contributed by atoms with E-state index in [1.807, 2.05) is 48.5 Å². The number of ether oxygens (including phenoxy) is 4. The van der Waals surface area contributed by atoms with Crippen LogP contribution in [0.2, 0.25) is 0 Å². The number of Topliss-reactive ketones (excluding diaryl/α,β-unsaturated/α-hetero) is 1. The zero-order chi connectivity index (χ0) is 33.8. The Bertz CT molecular complexity index is 1560. The number of hydrogen-bond donors (Lipinski definition) is 1. The van der Waals surface area contributed by atoms with Crippen molar-refractivity contribution in [3.8, 4) is 11.1 Å². The van der Waals surface area contributed by atoms with Gasteiger partial charge in [-0.05, 0) is 49.4 Å². The van der Waals surface area contributed by atoms with Gasteiger partial charge in [-0.2, -0.15) is 0 Å². The molecule has 0 saturated heterocycles. The topological polar surface area (TPSA) is 134 Å². The van der Waals surface area contributed by atoms with Gasteiger partial charge in [-0.15, -0.1) is 0 Å². The predicted octanol–water partition coefficient (Wildman–Crippen LogP) is 5.93. The highest BCUT2D eigenvalue weighted by Gasteiger charge is 2.32. The summed E-state index contributed by atoms with van der Waals surface area (Å²) < 4.78 is 21.2. The maximum absolute atomic E-state index is 12.9. The van der Waals surface area contributed by atoms with Crippen molar-refractivity contribution < 1.29 is 42.9 Å². The molecule has 3 aromatic rings. The minimum atomic E-state index is -1.34. The molecule has 10 heteroatoms. The minimum Gasteiger partial charge on any atom is -0.461 e. The van der Waals surface area contributed by atoms with Gasteiger partial charge in [0.05, 0.1) is 6.42 Å². The van der Waals surface area contributed by atoms with E-state index in [0.29, 0.717) is 12.0 Å². The normalized spacial score (nSPS) is 12.8. The van der Waals surface area contributed by atoms with Crippen LogP contribution in [0.25, 0.3) is 11.1 Å². The second kappa shape index (κ2) is 16.4. The number of nitrogens with one attached hydrogen (secondary N) is 1. The molecule has 0 bridgehead atoms. The van der Waals surface area contributed by atoms with Crippen LogP contribution in [0.15, 0.2) is 91.0 Å². The molecule has 10 nitrogen and oxygen atoms in total. The number of alkyl carbamates (subject to hydrolysis) is 1. The number of carbonyl (C=O) groups excluding carboxylic acids is 5. The molecule has 1 N–H and O–H groups in total. The fourth-order valence-electron chi connectivity index (χ4n) is 5.03. The SMILES string of the molecule is CC(C)(C)OC(=O)[C@H](CC(=O)OC/C=C/CCC(=O)OCC(=O)c1ccccc1)NC(=O)OCC1c2ccccc2-c2ccccc21. The van der Waals surface area contributed by atoms with Crippen molar-refractivity contribution in [2.45, 2.75) is 57.6 Å². The Morgan fingerprint density at radius 1 is 0.766 bits per heavy atom. The summed E-state index contributed by atoms with van der Waals surface area (Å²) in [5, 5.41) is 2.47. The lowest BCUT2D eigenvalue weighted by Gasteiger charge is -2.24. The van der Waals surface area contributed by atoms with Gasteiger partial charge in [0.2, 0.25) is 0 Å². The molecule has 4 rings (SSSR count). The molecule has 1 atom stereocenters. The van der Waals surface area contributed by atoms with Crippen LogP contribution in [-0.4, -0.2) is 61.2 Å². The van der Waals surface area contributed by atoms with E-state index in [1.165, 1.54) is 0 Å². The Balaban J connectivity index is 1.23. The maximum atomic E-state index is 12.9. The Hall–Kier alpha value is -5.25. The first-order valence-electron chi connectivity index (χ1n) is 15.4. The smallest absolute Gasteiger partial charge is 0.407 e. The zero-order valence-electron chi connectivity index (χ0n) is 26.7. The third kappa shape index (κ3) is 10.4. The number of allylic oxidation sites excluding steroid dienone is 1. The molecular formula is C37H39NO9. The summed E-state index contributed by atoms with van der Waals surface area (Å²) in [5.74, 6) is -2.55. The molecule has 47 heavy (non-hydrogen) atoms. The first kappa shape index (κ1) is 34.6. The van der Waals surface area contributed by atoms with E-state index in [-0.39, 0.29) is 37.9 Å². The monoisotopic (exact) mass is 641 g/mol. The first-order chi connectivity index (χ1) is 22.5. The van der Waals surface area contributed by atoms with Crippen molar-refractivity contribution in [1.29, 1.82) is 0 Å². The van der Waals surface area contributed by atoms with Crippen LogP contribution in [0.1, 0.15) is 67.4 Å². The maximum Gasteiger partial charge on any atom is 0.407 e. The summed E-state index contributed by atoms with van der Waals surface area (Å²) >= 11 is 0. The molecule has 0 radical (unpaired) electrons. The van der Waals surface area contributed by atoms with Gasteiger partial charge >= 0.3 is 24.0 Å². The molecule has 0 unspecified atom stereocenters. The second-order valence-corrected chi connectivity index (χ2v) is 11.9. The van der Waals surface area contributed by atoms with Crippen LogP contribution in [-0.2, 0) is 33.3 Å². The number of rotatable bonds is 14. The highest BCUT2D eigenvalue weighted by molar-refractivity contribution is 5.97. The highest BCUT2D eigenvalue weighted by Crippen LogP contribution is 2.44. The van der Waals surface area contributed by atoms with E-state index in [2.05, 4.69) is 5.32 Å². The van der Waals surface area contributed by atoms with Gasteiger partial charge in [0.1, 0.15) is 24.9 Å². The molecule has 0 aliphatic heterocycles. The van der Waals surface area contributed by atoms with E-state index in [1.54, 1.807) is 63.3 Å². The van der Waals surface area contributed by atoms with Gasteiger partial charge in [0.15, 0.2) is 12.4 Å². The second-order valence-electron chi connectivity index (χ2n) is 11.9.